The molecule has 90 valence electrons. The normalized spacial score (nSPS) is 27.6. The van der Waals surface area contributed by atoms with Crippen molar-refractivity contribution >= 4 is 0 Å². The van der Waals surface area contributed by atoms with Crippen LogP contribution in [0.1, 0.15) is 53.9 Å². The molecule has 1 rings (SSSR count). The Balaban J connectivity index is 2.89. The summed E-state index contributed by atoms with van der Waals surface area (Å²) in [5.41, 5.74) is 6.98. The largest absolute Gasteiger partial charge is 0.329 e. The third-order valence-electron chi connectivity index (χ3n) is 3.53. The van der Waals surface area contributed by atoms with Crippen molar-refractivity contribution in [2.24, 2.45) is 16.6 Å². The maximum absolute atomic E-state index is 6.00. The van der Waals surface area contributed by atoms with E-state index in [1.807, 2.05) is 0 Å². The van der Waals surface area contributed by atoms with E-state index >= 15 is 0 Å². The summed E-state index contributed by atoms with van der Waals surface area (Å²) < 4.78 is 0. The second kappa shape index (κ2) is 4.06. The molecule has 0 aromatic rings. The Morgan fingerprint density at radius 1 is 1.00 bits per heavy atom. The third kappa shape index (κ3) is 3.18. The summed E-state index contributed by atoms with van der Waals surface area (Å²) in [6.07, 6.45) is 3.70. The van der Waals surface area contributed by atoms with Crippen molar-refractivity contribution < 1.29 is 0 Å². The lowest BCUT2D eigenvalue weighted by molar-refractivity contribution is 0.0335. The average Bonchev–Trinajstić information content (AvgIpc) is 1.98. The van der Waals surface area contributed by atoms with Crippen LogP contribution in [0.25, 0.3) is 0 Å². The molecule has 0 saturated heterocycles. The number of hydrogen-bond acceptors (Lipinski definition) is 2. The van der Waals surface area contributed by atoms with Crippen LogP contribution >= 0.6 is 0 Å². The van der Waals surface area contributed by atoms with E-state index in [9.17, 15) is 0 Å². The van der Waals surface area contributed by atoms with Crippen LogP contribution in [0.4, 0.5) is 0 Å². The van der Waals surface area contributed by atoms with Crippen LogP contribution < -0.4 is 11.1 Å². The summed E-state index contributed by atoms with van der Waals surface area (Å²) in [4.78, 5) is 0. The summed E-state index contributed by atoms with van der Waals surface area (Å²) in [7, 11) is 0. The molecule has 0 radical (unpaired) electrons. The molecule has 15 heavy (non-hydrogen) atoms. The minimum atomic E-state index is 0.167. The highest BCUT2D eigenvalue weighted by molar-refractivity contribution is 5.03. The fourth-order valence-electron chi connectivity index (χ4n) is 4.03. The van der Waals surface area contributed by atoms with E-state index in [1.165, 1.54) is 19.3 Å². The fourth-order valence-corrected chi connectivity index (χ4v) is 4.03. The van der Waals surface area contributed by atoms with Gasteiger partial charge in [-0.2, -0.15) is 0 Å². The zero-order chi connectivity index (χ0) is 11.7. The molecular weight excluding hydrogens is 184 g/mol. The lowest BCUT2D eigenvalue weighted by Crippen LogP contribution is -2.59. The lowest BCUT2D eigenvalue weighted by Gasteiger charge is -2.52. The van der Waals surface area contributed by atoms with Gasteiger partial charge in [0.05, 0.1) is 0 Å². The molecule has 1 fully saturated rings. The molecule has 1 saturated carbocycles. The minimum Gasteiger partial charge on any atom is -0.329 e. The van der Waals surface area contributed by atoms with Gasteiger partial charge in [-0.05, 0) is 36.6 Å². The Morgan fingerprint density at radius 2 is 1.47 bits per heavy atom. The highest BCUT2D eigenvalue weighted by atomic mass is 15.0. The predicted molar refractivity (Wildman–Crippen MR) is 66.9 cm³/mol. The van der Waals surface area contributed by atoms with Crippen LogP contribution in [0.2, 0.25) is 0 Å². The van der Waals surface area contributed by atoms with Gasteiger partial charge in [0.1, 0.15) is 0 Å². The Kier molecular flexibility index (Phi) is 3.52. The van der Waals surface area contributed by atoms with Crippen LogP contribution in [-0.4, -0.2) is 18.6 Å². The van der Waals surface area contributed by atoms with Gasteiger partial charge < -0.3 is 11.1 Å². The topological polar surface area (TPSA) is 38.0 Å². The first kappa shape index (κ1) is 13.0. The van der Waals surface area contributed by atoms with E-state index in [-0.39, 0.29) is 5.54 Å². The van der Waals surface area contributed by atoms with Gasteiger partial charge in [0, 0.05) is 12.1 Å². The monoisotopic (exact) mass is 212 g/mol. The number of hydrogen-bond donors (Lipinski definition) is 2. The Bertz CT molecular complexity index is 203. The molecule has 0 atom stereocenters. The molecule has 2 heteroatoms. The second-order valence-electron chi connectivity index (χ2n) is 6.87. The first-order valence-electron chi connectivity index (χ1n) is 6.19. The molecule has 1 aliphatic rings. The molecule has 1 aliphatic carbocycles. The maximum atomic E-state index is 6.00. The van der Waals surface area contributed by atoms with Crippen molar-refractivity contribution in [2.75, 3.05) is 13.1 Å². The van der Waals surface area contributed by atoms with Crippen molar-refractivity contribution in [3.05, 3.63) is 0 Å². The van der Waals surface area contributed by atoms with Crippen LogP contribution in [0, 0.1) is 10.8 Å². The van der Waals surface area contributed by atoms with E-state index in [0.29, 0.717) is 10.8 Å². The molecule has 0 aromatic heterocycles. The fraction of sp³-hybridized carbons (Fsp3) is 1.00. The molecule has 0 spiro atoms. The van der Waals surface area contributed by atoms with E-state index in [0.717, 1.165) is 13.1 Å². The van der Waals surface area contributed by atoms with Crippen molar-refractivity contribution in [1.82, 2.24) is 5.32 Å². The summed E-state index contributed by atoms with van der Waals surface area (Å²) in [5.74, 6) is 0. The number of likely N-dealkylation sites (N-methyl/N-ethyl adjacent to an activating group) is 1. The SMILES string of the molecule is CCNC1(CN)CC(C)(C)CC(C)(C)C1. The van der Waals surface area contributed by atoms with Crippen molar-refractivity contribution in [3.63, 3.8) is 0 Å². The predicted octanol–water partition coefficient (Wildman–Crippen LogP) is 2.53. The first-order chi connectivity index (χ1) is 6.74. The molecule has 3 N–H and O–H groups in total. The highest BCUT2D eigenvalue weighted by Crippen LogP contribution is 2.49. The molecule has 0 amide bonds. The smallest absolute Gasteiger partial charge is 0.0314 e. The maximum Gasteiger partial charge on any atom is 0.0314 e. The van der Waals surface area contributed by atoms with Gasteiger partial charge in [-0.3, -0.25) is 0 Å². The lowest BCUT2D eigenvalue weighted by atomic mass is 9.58. The summed E-state index contributed by atoms with van der Waals surface area (Å²) in [5, 5.41) is 3.63. The standard InChI is InChI=1S/C13H28N2/c1-6-15-13(10-14)8-11(2,3)7-12(4,5)9-13/h15H,6-10,14H2,1-5H3. The quantitative estimate of drug-likeness (QED) is 0.754. The van der Waals surface area contributed by atoms with Gasteiger partial charge in [-0.25, -0.2) is 0 Å². The van der Waals surface area contributed by atoms with Gasteiger partial charge in [0.25, 0.3) is 0 Å². The van der Waals surface area contributed by atoms with Crippen LogP contribution in [-0.2, 0) is 0 Å². The third-order valence-corrected chi connectivity index (χ3v) is 3.53. The zero-order valence-corrected chi connectivity index (χ0v) is 11.1. The molecule has 0 unspecified atom stereocenters. The van der Waals surface area contributed by atoms with Gasteiger partial charge in [-0.1, -0.05) is 34.6 Å². The summed E-state index contributed by atoms with van der Waals surface area (Å²) >= 11 is 0. The average molecular weight is 212 g/mol. The summed E-state index contributed by atoms with van der Waals surface area (Å²) in [6, 6.07) is 0. The number of rotatable bonds is 3. The minimum absolute atomic E-state index is 0.167. The van der Waals surface area contributed by atoms with Crippen LogP contribution in [0.3, 0.4) is 0 Å². The van der Waals surface area contributed by atoms with Crippen LogP contribution in [0.5, 0.6) is 0 Å². The first-order valence-corrected chi connectivity index (χ1v) is 6.19. The molecule has 0 bridgehead atoms. The van der Waals surface area contributed by atoms with E-state index in [4.69, 9.17) is 5.73 Å². The van der Waals surface area contributed by atoms with E-state index in [1.54, 1.807) is 0 Å². The molecular formula is C13H28N2. The van der Waals surface area contributed by atoms with E-state index in [2.05, 4.69) is 39.9 Å². The van der Waals surface area contributed by atoms with Crippen molar-refractivity contribution in [1.29, 1.82) is 0 Å². The number of nitrogens with two attached hydrogens (primary N) is 1. The van der Waals surface area contributed by atoms with Crippen LogP contribution in [0.15, 0.2) is 0 Å². The molecule has 0 heterocycles. The van der Waals surface area contributed by atoms with Crippen molar-refractivity contribution in [3.8, 4) is 0 Å². The molecule has 2 nitrogen and oxygen atoms in total. The van der Waals surface area contributed by atoms with Gasteiger partial charge in [-0.15, -0.1) is 0 Å². The zero-order valence-electron chi connectivity index (χ0n) is 11.1. The second-order valence-corrected chi connectivity index (χ2v) is 6.87. The number of nitrogens with one attached hydrogen (secondary N) is 1. The highest BCUT2D eigenvalue weighted by Gasteiger charge is 2.46. The van der Waals surface area contributed by atoms with Gasteiger partial charge in [0.15, 0.2) is 0 Å². The summed E-state index contributed by atoms with van der Waals surface area (Å²) in [6.45, 7) is 13.4. The van der Waals surface area contributed by atoms with Crippen molar-refractivity contribution in [2.45, 2.75) is 59.4 Å². The Labute approximate surface area is 95.0 Å². The van der Waals surface area contributed by atoms with E-state index < -0.39 is 0 Å². The van der Waals surface area contributed by atoms with Gasteiger partial charge in [0.2, 0.25) is 0 Å². The molecule has 0 aliphatic heterocycles. The Hall–Kier alpha value is -0.0800. The Morgan fingerprint density at radius 3 is 1.80 bits per heavy atom. The molecule has 0 aromatic carbocycles. The van der Waals surface area contributed by atoms with Gasteiger partial charge >= 0.3 is 0 Å².